The van der Waals surface area contributed by atoms with Gasteiger partial charge in [-0.25, -0.2) is 0 Å². The second-order valence-electron chi connectivity index (χ2n) is 8.93. The maximum absolute atomic E-state index is 13.3. The second kappa shape index (κ2) is 15.2. The number of carbonyl (C=O) groups excluding carboxylic acids is 3. The molecule has 0 atom stereocenters. The van der Waals surface area contributed by atoms with E-state index in [1.807, 2.05) is 0 Å². The second-order valence-corrected chi connectivity index (χ2v) is 10.8. The molecule has 0 heterocycles. The van der Waals surface area contributed by atoms with Crippen LogP contribution in [0.25, 0.3) is 6.08 Å². The van der Waals surface area contributed by atoms with Gasteiger partial charge in [0.25, 0.3) is 11.8 Å². The molecule has 4 aromatic rings. The molecule has 0 saturated carbocycles. The van der Waals surface area contributed by atoms with Crippen molar-refractivity contribution in [2.45, 2.75) is 4.90 Å². The van der Waals surface area contributed by atoms with E-state index in [4.69, 9.17) is 32.7 Å². The van der Waals surface area contributed by atoms with Crippen LogP contribution in [0.2, 0.25) is 10.0 Å². The van der Waals surface area contributed by atoms with Crippen molar-refractivity contribution in [1.82, 2.24) is 5.32 Å². The first-order valence-corrected chi connectivity index (χ1v) is 14.6. The molecule has 11 heteroatoms. The number of amides is 3. The normalized spacial score (nSPS) is 10.9. The van der Waals surface area contributed by atoms with E-state index in [-0.39, 0.29) is 17.4 Å². The van der Waals surface area contributed by atoms with Crippen LogP contribution in [0.1, 0.15) is 15.9 Å². The largest absolute Gasteiger partial charge is 0.497 e. The lowest BCUT2D eigenvalue weighted by atomic mass is 10.1. The Kier molecular flexibility index (Phi) is 11.1. The minimum atomic E-state index is -0.575. The molecule has 220 valence electrons. The third-order valence-corrected chi connectivity index (χ3v) is 7.61. The predicted octanol–water partition coefficient (Wildman–Crippen LogP) is 7.15. The molecule has 0 aromatic heterocycles. The molecule has 4 rings (SSSR count). The zero-order valence-corrected chi connectivity index (χ0v) is 25.5. The molecule has 0 unspecified atom stereocenters. The molecule has 0 fully saturated rings. The number of hydrogen-bond acceptors (Lipinski definition) is 6. The van der Waals surface area contributed by atoms with Crippen LogP contribution in [0.4, 0.5) is 11.4 Å². The smallest absolute Gasteiger partial charge is 0.272 e. The molecule has 43 heavy (non-hydrogen) atoms. The van der Waals surface area contributed by atoms with E-state index < -0.39 is 11.8 Å². The monoisotopic (exact) mass is 635 g/mol. The first-order chi connectivity index (χ1) is 20.7. The van der Waals surface area contributed by atoms with E-state index in [1.165, 1.54) is 32.1 Å². The number of thioether (sulfide) groups is 1. The van der Waals surface area contributed by atoms with Crippen molar-refractivity contribution in [2.75, 3.05) is 30.6 Å². The van der Waals surface area contributed by atoms with E-state index >= 15 is 0 Å². The number of carbonyl (C=O) groups is 3. The van der Waals surface area contributed by atoms with Crippen LogP contribution in [0.3, 0.4) is 0 Å². The molecule has 0 radical (unpaired) electrons. The lowest BCUT2D eigenvalue weighted by molar-refractivity contribution is -0.114. The fourth-order valence-electron chi connectivity index (χ4n) is 3.79. The number of methoxy groups -OCH3 is 2. The number of hydrogen-bond donors (Lipinski definition) is 3. The molecule has 3 N–H and O–H groups in total. The Morgan fingerprint density at radius 3 is 2.00 bits per heavy atom. The molecule has 0 aliphatic heterocycles. The summed E-state index contributed by atoms with van der Waals surface area (Å²) in [5.41, 5.74) is 1.76. The topological polar surface area (TPSA) is 106 Å². The average Bonchev–Trinajstić information content (AvgIpc) is 3.02. The van der Waals surface area contributed by atoms with Gasteiger partial charge in [0, 0.05) is 55.6 Å². The zero-order valence-electron chi connectivity index (χ0n) is 23.2. The summed E-state index contributed by atoms with van der Waals surface area (Å²) in [6.45, 7) is 0. The van der Waals surface area contributed by atoms with Crippen LogP contribution in [0, 0.1) is 0 Å². The molecule has 4 aromatic carbocycles. The molecular weight excluding hydrogens is 609 g/mol. The molecule has 8 nitrogen and oxygen atoms in total. The quantitative estimate of drug-likeness (QED) is 0.119. The van der Waals surface area contributed by atoms with E-state index in [2.05, 4.69) is 16.0 Å². The molecule has 0 bridgehead atoms. The van der Waals surface area contributed by atoms with Gasteiger partial charge < -0.3 is 25.4 Å². The van der Waals surface area contributed by atoms with Gasteiger partial charge in [-0.2, -0.15) is 0 Å². The van der Waals surface area contributed by atoms with Crippen molar-refractivity contribution in [1.29, 1.82) is 0 Å². The van der Waals surface area contributed by atoms with Gasteiger partial charge in [-0.1, -0.05) is 47.5 Å². The minimum Gasteiger partial charge on any atom is -0.497 e. The summed E-state index contributed by atoms with van der Waals surface area (Å²) in [4.78, 5) is 39.5. The third-order valence-electron chi connectivity index (χ3n) is 5.93. The van der Waals surface area contributed by atoms with Gasteiger partial charge in [-0.05, 0) is 54.6 Å². The van der Waals surface area contributed by atoms with Crippen LogP contribution >= 0.6 is 35.0 Å². The first kappa shape index (κ1) is 31.5. The van der Waals surface area contributed by atoms with Crippen molar-refractivity contribution in [2.24, 2.45) is 0 Å². The highest BCUT2D eigenvalue weighted by Crippen LogP contribution is 2.28. The highest BCUT2D eigenvalue weighted by Gasteiger charge is 2.17. The van der Waals surface area contributed by atoms with Crippen LogP contribution in [0.5, 0.6) is 11.5 Å². The average molecular weight is 637 g/mol. The van der Waals surface area contributed by atoms with E-state index in [0.29, 0.717) is 44.0 Å². The number of benzene rings is 4. The number of halogens is 2. The van der Waals surface area contributed by atoms with Gasteiger partial charge in [-0.15, -0.1) is 11.8 Å². The number of ether oxygens (including phenoxy) is 2. The Balaban J connectivity index is 1.42. The Labute approximate surface area is 263 Å². The van der Waals surface area contributed by atoms with E-state index in [1.54, 1.807) is 91.0 Å². The Morgan fingerprint density at radius 1 is 0.767 bits per heavy atom. The molecule has 0 spiro atoms. The van der Waals surface area contributed by atoms with Crippen LogP contribution < -0.4 is 25.4 Å². The molecular formula is C32H27Cl2N3O5S. The maximum atomic E-state index is 13.3. The lowest BCUT2D eigenvalue weighted by Gasteiger charge is -2.13. The summed E-state index contributed by atoms with van der Waals surface area (Å²) >= 11 is 14.0. The zero-order chi connectivity index (χ0) is 30.8. The fraction of sp³-hybridized carbons (Fsp3) is 0.0938. The summed E-state index contributed by atoms with van der Waals surface area (Å²) < 4.78 is 10.5. The molecule has 3 amide bonds. The van der Waals surface area contributed by atoms with Crippen LogP contribution in [-0.4, -0.2) is 37.7 Å². The summed E-state index contributed by atoms with van der Waals surface area (Å²) in [6, 6.07) is 25.5. The van der Waals surface area contributed by atoms with Crippen molar-refractivity contribution in [3.05, 3.63) is 118 Å². The summed E-state index contributed by atoms with van der Waals surface area (Å²) in [5, 5.41) is 8.92. The summed E-state index contributed by atoms with van der Waals surface area (Å²) in [5.74, 6) is 0.0265. The van der Waals surface area contributed by atoms with Crippen molar-refractivity contribution < 1.29 is 23.9 Å². The van der Waals surface area contributed by atoms with E-state index in [0.717, 1.165) is 4.90 Å². The van der Waals surface area contributed by atoms with Gasteiger partial charge in [0.1, 0.15) is 17.2 Å². The SMILES string of the molecule is COc1cc(NC(=O)CSc2ccc(NC(=O)/C(=C/c3c(Cl)cccc3Cl)NC(=O)c3ccccc3)cc2)cc(OC)c1. The summed E-state index contributed by atoms with van der Waals surface area (Å²) in [7, 11) is 3.07. The lowest BCUT2D eigenvalue weighted by Crippen LogP contribution is -2.30. The van der Waals surface area contributed by atoms with Crippen molar-refractivity contribution in [3.8, 4) is 11.5 Å². The van der Waals surface area contributed by atoms with Crippen molar-refractivity contribution >= 4 is 70.1 Å². The molecule has 0 aliphatic rings. The Hall–Kier alpha value is -4.44. The summed E-state index contributed by atoms with van der Waals surface area (Å²) in [6.07, 6.45) is 1.43. The predicted molar refractivity (Wildman–Crippen MR) is 172 cm³/mol. The van der Waals surface area contributed by atoms with Gasteiger partial charge in [0.2, 0.25) is 5.91 Å². The van der Waals surface area contributed by atoms with Gasteiger partial charge in [-0.3, -0.25) is 14.4 Å². The van der Waals surface area contributed by atoms with Gasteiger partial charge in [0.05, 0.1) is 20.0 Å². The Morgan fingerprint density at radius 2 is 1.40 bits per heavy atom. The van der Waals surface area contributed by atoms with Crippen LogP contribution in [-0.2, 0) is 9.59 Å². The highest BCUT2D eigenvalue weighted by molar-refractivity contribution is 8.00. The van der Waals surface area contributed by atoms with E-state index in [9.17, 15) is 14.4 Å². The first-order valence-electron chi connectivity index (χ1n) is 12.8. The fourth-order valence-corrected chi connectivity index (χ4v) is 5.00. The van der Waals surface area contributed by atoms with Gasteiger partial charge in [0.15, 0.2) is 0 Å². The Bertz CT molecular complexity index is 1600. The third kappa shape index (κ3) is 9.02. The van der Waals surface area contributed by atoms with Crippen molar-refractivity contribution in [3.63, 3.8) is 0 Å². The number of nitrogens with one attached hydrogen (secondary N) is 3. The standard InChI is InChI=1S/C32H27Cl2N3O5S/c1-41-23-15-22(16-24(17-23)42-2)35-30(38)19-43-25-13-11-21(12-14-25)36-32(40)29(18-26-27(33)9-6-10-28(26)34)37-31(39)20-7-4-3-5-8-20/h3-18H,19H2,1-2H3,(H,35,38)(H,36,40)(H,37,39)/b29-18-. The van der Waals surface area contributed by atoms with Crippen LogP contribution in [0.15, 0.2) is 102 Å². The molecule has 0 saturated heterocycles. The van der Waals surface area contributed by atoms with Gasteiger partial charge >= 0.3 is 0 Å². The number of anilines is 2. The highest BCUT2D eigenvalue weighted by atomic mass is 35.5. The maximum Gasteiger partial charge on any atom is 0.272 e. The minimum absolute atomic E-state index is 0.0480. The number of rotatable bonds is 11. The molecule has 0 aliphatic carbocycles.